The monoisotopic (exact) mass is 346 g/mol. The summed E-state index contributed by atoms with van der Waals surface area (Å²) in [7, 11) is 0. The smallest absolute Gasteiger partial charge is 0.303 e. The standard InChI is InChI=1S/C21H30O4/c1-20-9-6-16-15-5-3-14(22)12-13(15)2-4-17(16)18(20)7-10-21(20,25)11-8-19(23)24/h12,15-18,25H,2-11H2,1H3,(H,23,24)/t15-,16-,17+,18+,20+,21-/m1/s1. The lowest BCUT2D eigenvalue weighted by molar-refractivity contribution is -0.145. The van der Waals surface area contributed by atoms with E-state index in [2.05, 4.69) is 6.92 Å². The number of rotatable bonds is 3. The number of allylic oxidation sites excluding steroid dienone is 1. The molecule has 6 atom stereocenters. The number of carboxylic acids is 1. The number of carbonyl (C=O) groups excluding carboxylic acids is 1. The first-order chi connectivity index (χ1) is 11.8. The molecule has 4 heteroatoms. The molecule has 0 unspecified atom stereocenters. The molecule has 0 aromatic heterocycles. The van der Waals surface area contributed by atoms with Gasteiger partial charge in [0.25, 0.3) is 0 Å². The minimum Gasteiger partial charge on any atom is -0.481 e. The summed E-state index contributed by atoms with van der Waals surface area (Å²) in [4.78, 5) is 22.8. The van der Waals surface area contributed by atoms with Crippen LogP contribution in [0.4, 0.5) is 0 Å². The number of fused-ring (bicyclic) bond motifs is 5. The highest BCUT2D eigenvalue weighted by atomic mass is 16.4. The summed E-state index contributed by atoms with van der Waals surface area (Å²) < 4.78 is 0. The number of aliphatic hydroxyl groups is 1. The van der Waals surface area contributed by atoms with Gasteiger partial charge in [-0.2, -0.15) is 0 Å². The Morgan fingerprint density at radius 2 is 1.96 bits per heavy atom. The summed E-state index contributed by atoms with van der Waals surface area (Å²) in [5.74, 6) is 1.86. The van der Waals surface area contributed by atoms with Gasteiger partial charge in [0.1, 0.15) is 0 Å². The van der Waals surface area contributed by atoms with E-state index in [0.29, 0.717) is 42.3 Å². The molecule has 138 valence electrons. The molecule has 0 bridgehead atoms. The van der Waals surface area contributed by atoms with Crippen molar-refractivity contribution < 1.29 is 19.8 Å². The minimum absolute atomic E-state index is 0.0600. The van der Waals surface area contributed by atoms with Gasteiger partial charge in [-0.05, 0) is 86.5 Å². The molecular weight excluding hydrogens is 316 g/mol. The Kier molecular flexibility index (Phi) is 4.10. The molecule has 4 nitrogen and oxygen atoms in total. The summed E-state index contributed by atoms with van der Waals surface area (Å²) in [5, 5.41) is 20.4. The van der Waals surface area contributed by atoms with Gasteiger partial charge in [-0.3, -0.25) is 9.59 Å². The fourth-order valence-corrected chi connectivity index (χ4v) is 7.02. The number of aliphatic carboxylic acids is 1. The van der Waals surface area contributed by atoms with Gasteiger partial charge < -0.3 is 10.2 Å². The van der Waals surface area contributed by atoms with E-state index in [4.69, 9.17) is 5.11 Å². The van der Waals surface area contributed by atoms with E-state index in [0.717, 1.165) is 44.9 Å². The predicted octanol–water partition coefficient (Wildman–Crippen LogP) is 3.72. The highest BCUT2D eigenvalue weighted by molar-refractivity contribution is 5.91. The number of carbonyl (C=O) groups is 2. The maximum atomic E-state index is 11.8. The van der Waals surface area contributed by atoms with Crippen LogP contribution in [0.15, 0.2) is 11.6 Å². The Labute approximate surface area is 149 Å². The molecule has 0 heterocycles. The van der Waals surface area contributed by atoms with Gasteiger partial charge in [-0.1, -0.05) is 12.5 Å². The van der Waals surface area contributed by atoms with Crippen LogP contribution in [0.25, 0.3) is 0 Å². The van der Waals surface area contributed by atoms with E-state index >= 15 is 0 Å². The highest BCUT2D eigenvalue weighted by Crippen LogP contribution is 2.65. The number of hydrogen-bond donors (Lipinski definition) is 2. The molecule has 0 saturated heterocycles. The van der Waals surface area contributed by atoms with Gasteiger partial charge in [-0.15, -0.1) is 0 Å². The quantitative estimate of drug-likeness (QED) is 0.816. The summed E-state index contributed by atoms with van der Waals surface area (Å²) in [6.07, 6.45) is 10.1. The van der Waals surface area contributed by atoms with Crippen molar-refractivity contribution in [1.29, 1.82) is 0 Å². The van der Waals surface area contributed by atoms with Crippen molar-refractivity contribution in [3.63, 3.8) is 0 Å². The topological polar surface area (TPSA) is 74.6 Å². The van der Waals surface area contributed by atoms with Crippen LogP contribution in [0, 0.1) is 29.1 Å². The molecule has 0 amide bonds. The lowest BCUT2D eigenvalue weighted by atomic mass is 9.50. The fraction of sp³-hybridized carbons (Fsp3) is 0.810. The van der Waals surface area contributed by atoms with E-state index in [9.17, 15) is 14.7 Å². The van der Waals surface area contributed by atoms with E-state index in [1.807, 2.05) is 6.08 Å². The molecule has 4 rings (SSSR count). The Bertz CT molecular complexity index is 623. The van der Waals surface area contributed by atoms with Crippen LogP contribution < -0.4 is 0 Å². The van der Waals surface area contributed by atoms with Crippen LogP contribution in [0.5, 0.6) is 0 Å². The van der Waals surface area contributed by atoms with E-state index in [1.165, 1.54) is 5.57 Å². The molecule has 4 aliphatic rings. The fourth-order valence-electron chi connectivity index (χ4n) is 7.02. The van der Waals surface area contributed by atoms with Crippen molar-refractivity contribution in [2.24, 2.45) is 29.1 Å². The molecule has 0 aromatic rings. The first kappa shape index (κ1) is 17.3. The number of hydrogen-bond acceptors (Lipinski definition) is 3. The maximum absolute atomic E-state index is 11.8. The van der Waals surface area contributed by atoms with Crippen molar-refractivity contribution in [2.75, 3.05) is 0 Å². The molecule has 2 N–H and O–H groups in total. The molecule has 3 fully saturated rings. The van der Waals surface area contributed by atoms with E-state index in [-0.39, 0.29) is 11.8 Å². The van der Waals surface area contributed by atoms with Crippen molar-refractivity contribution in [3.8, 4) is 0 Å². The van der Waals surface area contributed by atoms with E-state index < -0.39 is 11.6 Å². The second kappa shape index (κ2) is 5.94. The molecule has 0 radical (unpaired) electrons. The van der Waals surface area contributed by atoms with Crippen LogP contribution in [-0.4, -0.2) is 27.6 Å². The highest BCUT2D eigenvalue weighted by Gasteiger charge is 2.61. The molecule has 0 aromatic carbocycles. The largest absolute Gasteiger partial charge is 0.481 e. The van der Waals surface area contributed by atoms with Gasteiger partial charge in [0.05, 0.1) is 5.60 Å². The lowest BCUT2D eigenvalue weighted by Crippen LogP contribution is -2.52. The first-order valence-corrected chi connectivity index (χ1v) is 10.0. The Morgan fingerprint density at radius 1 is 1.16 bits per heavy atom. The molecule has 4 aliphatic carbocycles. The third kappa shape index (κ3) is 2.59. The third-order valence-electron chi connectivity index (χ3n) is 8.37. The molecule has 25 heavy (non-hydrogen) atoms. The maximum Gasteiger partial charge on any atom is 0.303 e. The van der Waals surface area contributed by atoms with Crippen LogP contribution in [0.1, 0.15) is 71.1 Å². The van der Waals surface area contributed by atoms with Gasteiger partial charge in [-0.25, -0.2) is 0 Å². The molecular formula is C21H30O4. The average molecular weight is 346 g/mol. The van der Waals surface area contributed by atoms with Crippen LogP contribution in [-0.2, 0) is 9.59 Å². The summed E-state index contributed by atoms with van der Waals surface area (Å²) >= 11 is 0. The average Bonchev–Trinajstić information content (AvgIpc) is 2.84. The zero-order valence-corrected chi connectivity index (χ0v) is 15.2. The van der Waals surface area contributed by atoms with Gasteiger partial charge in [0.2, 0.25) is 0 Å². The Morgan fingerprint density at radius 3 is 2.72 bits per heavy atom. The van der Waals surface area contributed by atoms with Crippen molar-refractivity contribution in [2.45, 2.75) is 76.7 Å². The number of carboxylic acid groups (broad SMARTS) is 1. The normalized spacial score (nSPS) is 46.0. The predicted molar refractivity (Wildman–Crippen MR) is 93.9 cm³/mol. The van der Waals surface area contributed by atoms with Crippen molar-refractivity contribution in [1.82, 2.24) is 0 Å². The minimum atomic E-state index is -0.820. The second-order valence-electron chi connectivity index (χ2n) is 9.22. The molecule has 0 spiro atoms. The van der Waals surface area contributed by atoms with Gasteiger partial charge in [0.15, 0.2) is 5.78 Å². The van der Waals surface area contributed by atoms with Gasteiger partial charge in [0, 0.05) is 12.8 Å². The third-order valence-corrected chi connectivity index (χ3v) is 8.37. The molecule has 3 saturated carbocycles. The first-order valence-electron chi connectivity index (χ1n) is 10.0. The lowest BCUT2D eigenvalue weighted by Gasteiger charge is -2.55. The van der Waals surface area contributed by atoms with E-state index in [1.54, 1.807) is 0 Å². The van der Waals surface area contributed by atoms with Crippen LogP contribution in [0.3, 0.4) is 0 Å². The summed E-state index contributed by atoms with van der Waals surface area (Å²) in [6.45, 7) is 2.22. The van der Waals surface area contributed by atoms with Crippen LogP contribution >= 0.6 is 0 Å². The van der Waals surface area contributed by atoms with Crippen molar-refractivity contribution in [3.05, 3.63) is 11.6 Å². The van der Waals surface area contributed by atoms with Gasteiger partial charge >= 0.3 is 5.97 Å². The van der Waals surface area contributed by atoms with Crippen molar-refractivity contribution >= 4 is 11.8 Å². The Balaban J connectivity index is 1.57. The zero-order chi connectivity index (χ0) is 17.8. The summed E-state index contributed by atoms with van der Waals surface area (Å²) in [5.41, 5.74) is 0.426. The second-order valence-corrected chi connectivity index (χ2v) is 9.22. The SMILES string of the molecule is C[C@]12CC[C@H]3[C@H](CCC4=CC(=O)CC[C@H]43)[C@@H]1CC[C@@]2(O)CCC(=O)O. The Hall–Kier alpha value is -1.16. The van der Waals surface area contributed by atoms with Crippen LogP contribution in [0.2, 0.25) is 0 Å². The number of ketones is 1. The summed E-state index contributed by atoms with van der Waals surface area (Å²) in [6, 6.07) is 0. The zero-order valence-electron chi connectivity index (χ0n) is 15.2. The molecule has 0 aliphatic heterocycles.